The SMILES string of the molecule is CC(C)N(Cc1cc(C=CC(=O)O)cs1)CC(F)(F)F. The highest BCUT2D eigenvalue weighted by Gasteiger charge is 2.31. The lowest BCUT2D eigenvalue weighted by Crippen LogP contribution is -2.38. The Morgan fingerprint density at radius 1 is 1.50 bits per heavy atom. The number of alkyl halides is 3. The summed E-state index contributed by atoms with van der Waals surface area (Å²) < 4.78 is 37.4. The van der Waals surface area contributed by atoms with Crippen molar-refractivity contribution < 1.29 is 23.1 Å². The van der Waals surface area contributed by atoms with Gasteiger partial charge in [-0.1, -0.05) is 0 Å². The number of halogens is 3. The molecular weight excluding hydrogens is 291 g/mol. The average Bonchev–Trinajstić information content (AvgIpc) is 2.71. The van der Waals surface area contributed by atoms with Crippen LogP contribution in [0.15, 0.2) is 17.5 Å². The Hall–Kier alpha value is -1.34. The van der Waals surface area contributed by atoms with Crippen LogP contribution in [0.2, 0.25) is 0 Å². The molecule has 1 N–H and O–H groups in total. The lowest BCUT2D eigenvalue weighted by atomic mass is 10.2. The fraction of sp³-hybridized carbons (Fsp3) is 0.462. The van der Waals surface area contributed by atoms with E-state index in [1.165, 1.54) is 22.3 Å². The van der Waals surface area contributed by atoms with Gasteiger partial charge in [0.15, 0.2) is 0 Å². The quantitative estimate of drug-likeness (QED) is 0.816. The van der Waals surface area contributed by atoms with Gasteiger partial charge in [-0.2, -0.15) is 13.2 Å². The molecule has 3 nitrogen and oxygen atoms in total. The van der Waals surface area contributed by atoms with Gasteiger partial charge in [0.05, 0.1) is 6.54 Å². The maximum absolute atomic E-state index is 12.5. The molecule has 1 rings (SSSR count). The smallest absolute Gasteiger partial charge is 0.401 e. The molecule has 0 atom stereocenters. The van der Waals surface area contributed by atoms with Gasteiger partial charge in [0.2, 0.25) is 0 Å². The summed E-state index contributed by atoms with van der Waals surface area (Å²) in [5.41, 5.74) is 0.683. The number of nitrogens with zero attached hydrogens (tertiary/aromatic N) is 1. The Balaban J connectivity index is 2.72. The zero-order valence-corrected chi connectivity index (χ0v) is 12.0. The number of carboxylic acid groups (broad SMARTS) is 1. The summed E-state index contributed by atoms with van der Waals surface area (Å²) in [5, 5.41) is 10.2. The molecule has 0 bridgehead atoms. The minimum atomic E-state index is -4.23. The summed E-state index contributed by atoms with van der Waals surface area (Å²) in [7, 11) is 0. The van der Waals surface area contributed by atoms with Gasteiger partial charge < -0.3 is 5.11 Å². The Labute approximate surface area is 119 Å². The van der Waals surface area contributed by atoms with Crippen molar-refractivity contribution in [2.24, 2.45) is 0 Å². The van der Waals surface area contributed by atoms with E-state index < -0.39 is 18.7 Å². The third-order valence-corrected chi connectivity index (χ3v) is 3.50. The Morgan fingerprint density at radius 2 is 2.15 bits per heavy atom. The molecule has 7 heteroatoms. The van der Waals surface area contributed by atoms with Gasteiger partial charge in [-0.15, -0.1) is 11.3 Å². The van der Waals surface area contributed by atoms with Crippen molar-refractivity contribution in [3.8, 4) is 0 Å². The predicted octanol–water partition coefficient (Wildman–Crippen LogP) is 3.62. The number of rotatable bonds is 6. The van der Waals surface area contributed by atoms with Crippen LogP contribution in [0.5, 0.6) is 0 Å². The fourth-order valence-electron chi connectivity index (χ4n) is 1.59. The molecule has 0 aromatic carbocycles. The number of thiophene rings is 1. The lowest BCUT2D eigenvalue weighted by molar-refractivity contribution is -0.150. The minimum Gasteiger partial charge on any atom is -0.478 e. The maximum Gasteiger partial charge on any atom is 0.401 e. The van der Waals surface area contributed by atoms with Crippen molar-refractivity contribution in [1.82, 2.24) is 4.90 Å². The molecule has 0 amide bonds. The van der Waals surface area contributed by atoms with E-state index in [0.29, 0.717) is 5.56 Å². The lowest BCUT2D eigenvalue weighted by Gasteiger charge is -2.26. The predicted molar refractivity (Wildman–Crippen MR) is 72.6 cm³/mol. The number of aliphatic carboxylic acids is 1. The zero-order chi connectivity index (χ0) is 15.3. The first-order valence-corrected chi connectivity index (χ1v) is 6.84. The Kier molecular flexibility index (Phi) is 5.76. The van der Waals surface area contributed by atoms with Crippen LogP contribution >= 0.6 is 11.3 Å². The second-order valence-corrected chi connectivity index (χ2v) is 5.63. The van der Waals surface area contributed by atoms with E-state index in [-0.39, 0.29) is 12.6 Å². The molecule has 0 saturated heterocycles. The largest absolute Gasteiger partial charge is 0.478 e. The van der Waals surface area contributed by atoms with E-state index in [2.05, 4.69) is 0 Å². The van der Waals surface area contributed by atoms with Gasteiger partial charge in [0.25, 0.3) is 0 Å². The van der Waals surface area contributed by atoms with Gasteiger partial charge in [-0.25, -0.2) is 4.79 Å². The van der Waals surface area contributed by atoms with Gasteiger partial charge in [-0.05, 0) is 36.9 Å². The summed E-state index contributed by atoms with van der Waals surface area (Å²) in [6.45, 7) is 2.67. The number of hydrogen-bond donors (Lipinski definition) is 1. The monoisotopic (exact) mass is 307 g/mol. The van der Waals surface area contributed by atoms with E-state index in [1.54, 1.807) is 25.3 Å². The van der Waals surface area contributed by atoms with Crippen molar-refractivity contribution in [3.63, 3.8) is 0 Å². The molecule has 0 aliphatic heterocycles. The fourth-order valence-corrected chi connectivity index (χ4v) is 2.47. The van der Waals surface area contributed by atoms with Crippen LogP contribution in [-0.2, 0) is 11.3 Å². The molecule has 0 spiro atoms. The molecule has 1 aromatic heterocycles. The summed E-state index contributed by atoms with van der Waals surface area (Å²) in [6, 6.07) is 1.48. The summed E-state index contributed by atoms with van der Waals surface area (Å²) >= 11 is 1.32. The average molecular weight is 307 g/mol. The topological polar surface area (TPSA) is 40.5 Å². The summed E-state index contributed by atoms with van der Waals surface area (Å²) in [4.78, 5) is 12.5. The normalized spacial score (nSPS) is 12.8. The number of carboxylic acids is 1. The van der Waals surface area contributed by atoms with Crippen molar-refractivity contribution in [3.05, 3.63) is 28.0 Å². The maximum atomic E-state index is 12.5. The zero-order valence-electron chi connectivity index (χ0n) is 11.1. The van der Waals surface area contributed by atoms with Gasteiger partial charge in [0, 0.05) is 23.5 Å². The molecule has 112 valence electrons. The number of carbonyl (C=O) groups is 1. The standard InChI is InChI=1S/C13H16F3NO2S/c1-9(2)17(8-13(14,15)16)6-11-5-10(7-20-11)3-4-12(18)19/h3-5,7,9H,6,8H2,1-2H3,(H,18,19). The van der Waals surface area contributed by atoms with Crippen molar-refractivity contribution >= 4 is 23.4 Å². The molecule has 20 heavy (non-hydrogen) atoms. The number of hydrogen-bond acceptors (Lipinski definition) is 3. The Morgan fingerprint density at radius 3 is 2.65 bits per heavy atom. The van der Waals surface area contributed by atoms with Gasteiger partial charge in [0.1, 0.15) is 0 Å². The van der Waals surface area contributed by atoms with Gasteiger partial charge >= 0.3 is 12.1 Å². The van der Waals surface area contributed by atoms with Crippen molar-refractivity contribution in [2.45, 2.75) is 32.6 Å². The molecule has 1 aromatic rings. The first-order chi connectivity index (χ1) is 9.17. The van der Waals surface area contributed by atoms with E-state index in [0.717, 1.165) is 11.0 Å². The first-order valence-electron chi connectivity index (χ1n) is 5.96. The van der Waals surface area contributed by atoms with Crippen LogP contribution in [0.3, 0.4) is 0 Å². The molecule has 0 radical (unpaired) electrons. The van der Waals surface area contributed by atoms with Gasteiger partial charge in [-0.3, -0.25) is 4.90 Å². The molecule has 0 unspecified atom stereocenters. The second kappa shape index (κ2) is 6.90. The molecule has 0 saturated carbocycles. The van der Waals surface area contributed by atoms with E-state index in [4.69, 9.17) is 5.11 Å². The van der Waals surface area contributed by atoms with Crippen LogP contribution in [0.1, 0.15) is 24.3 Å². The van der Waals surface area contributed by atoms with Crippen molar-refractivity contribution in [2.75, 3.05) is 6.54 Å². The molecule has 1 heterocycles. The van der Waals surface area contributed by atoms with Crippen LogP contribution in [0.25, 0.3) is 6.08 Å². The van der Waals surface area contributed by atoms with Crippen LogP contribution < -0.4 is 0 Å². The molecule has 0 aliphatic carbocycles. The van der Waals surface area contributed by atoms with Crippen molar-refractivity contribution in [1.29, 1.82) is 0 Å². The second-order valence-electron chi connectivity index (χ2n) is 4.63. The summed E-state index contributed by atoms with van der Waals surface area (Å²) in [6.07, 6.45) is -1.80. The van der Waals surface area contributed by atoms with E-state index >= 15 is 0 Å². The highest BCUT2D eigenvalue weighted by Crippen LogP contribution is 2.23. The van der Waals surface area contributed by atoms with Crippen LogP contribution in [0, 0.1) is 0 Å². The first kappa shape index (κ1) is 16.7. The third kappa shape index (κ3) is 6.21. The summed E-state index contributed by atoms with van der Waals surface area (Å²) in [5.74, 6) is -1.06. The Bertz CT molecular complexity index is 480. The van der Waals surface area contributed by atoms with E-state index in [1.807, 2.05) is 0 Å². The molecule has 0 fully saturated rings. The van der Waals surface area contributed by atoms with Crippen LogP contribution in [0.4, 0.5) is 13.2 Å². The minimum absolute atomic E-state index is 0.197. The van der Waals surface area contributed by atoms with Crippen LogP contribution in [-0.4, -0.2) is 34.7 Å². The molecular formula is C13H16F3NO2S. The highest BCUT2D eigenvalue weighted by atomic mass is 32.1. The van der Waals surface area contributed by atoms with E-state index in [9.17, 15) is 18.0 Å². The third-order valence-electron chi connectivity index (χ3n) is 2.56. The highest BCUT2D eigenvalue weighted by molar-refractivity contribution is 7.10. The molecule has 0 aliphatic rings.